The van der Waals surface area contributed by atoms with Gasteiger partial charge < -0.3 is 15.0 Å². The molecule has 3 nitrogen and oxygen atoms in total. The maximum absolute atomic E-state index is 5.31. The third-order valence-corrected chi connectivity index (χ3v) is 5.11. The molecular weight excluding hydrogens is 344 g/mol. The van der Waals surface area contributed by atoms with Crippen molar-refractivity contribution in [3.8, 4) is 5.75 Å². The van der Waals surface area contributed by atoms with Crippen molar-refractivity contribution in [3.63, 3.8) is 0 Å². The summed E-state index contributed by atoms with van der Waals surface area (Å²) in [4.78, 5) is 2.12. The van der Waals surface area contributed by atoms with Gasteiger partial charge in [-0.3, -0.25) is 0 Å². The molecular formula is C25H30N2O. The number of ether oxygens (including phenoxy) is 1. The molecule has 3 aromatic rings. The summed E-state index contributed by atoms with van der Waals surface area (Å²) in [6, 6.07) is 27.9. The van der Waals surface area contributed by atoms with Crippen molar-refractivity contribution in [1.82, 2.24) is 5.32 Å². The van der Waals surface area contributed by atoms with Crippen LogP contribution in [0.1, 0.15) is 29.0 Å². The molecule has 0 saturated carbocycles. The van der Waals surface area contributed by atoms with Gasteiger partial charge in [-0.2, -0.15) is 0 Å². The first kappa shape index (κ1) is 20.0. The highest BCUT2D eigenvalue weighted by Gasteiger charge is 2.14. The Balaban J connectivity index is 1.61. The second-order valence-corrected chi connectivity index (χ2v) is 7.26. The number of hydrogen-bond acceptors (Lipinski definition) is 3. The number of nitrogens with one attached hydrogen (secondary N) is 1. The van der Waals surface area contributed by atoms with Gasteiger partial charge in [-0.05, 0) is 53.9 Å². The van der Waals surface area contributed by atoms with Crippen molar-refractivity contribution < 1.29 is 4.74 Å². The molecule has 0 aliphatic carbocycles. The average Bonchev–Trinajstić information content (AvgIpc) is 2.75. The van der Waals surface area contributed by atoms with E-state index in [1.165, 1.54) is 22.4 Å². The quantitative estimate of drug-likeness (QED) is 0.529. The van der Waals surface area contributed by atoms with Crippen LogP contribution in [0.5, 0.6) is 5.75 Å². The molecule has 3 aromatic carbocycles. The third-order valence-electron chi connectivity index (χ3n) is 5.11. The zero-order valence-corrected chi connectivity index (χ0v) is 17.1. The average molecular weight is 375 g/mol. The van der Waals surface area contributed by atoms with Gasteiger partial charge in [0.25, 0.3) is 0 Å². The normalized spacial score (nSPS) is 11.8. The predicted molar refractivity (Wildman–Crippen MR) is 118 cm³/mol. The highest BCUT2D eigenvalue weighted by atomic mass is 16.5. The Labute approximate surface area is 169 Å². The Morgan fingerprint density at radius 1 is 0.821 bits per heavy atom. The van der Waals surface area contributed by atoms with Gasteiger partial charge in [0.1, 0.15) is 5.75 Å². The highest BCUT2D eigenvalue weighted by Crippen LogP contribution is 2.29. The van der Waals surface area contributed by atoms with Gasteiger partial charge in [-0.1, -0.05) is 54.6 Å². The molecule has 0 aliphatic rings. The van der Waals surface area contributed by atoms with Gasteiger partial charge in [0.05, 0.1) is 7.11 Å². The van der Waals surface area contributed by atoms with Gasteiger partial charge in [0.15, 0.2) is 0 Å². The maximum atomic E-state index is 5.31. The smallest absolute Gasteiger partial charge is 0.118 e. The molecule has 0 radical (unpaired) electrons. The zero-order chi connectivity index (χ0) is 19.8. The fourth-order valence-electron chi connectivity index (χ4n) is 3.44. The molecule has 3 rings (SSSR count). The molecule has 0 bridgehead atoms. The van der Waals surface area contributed by atoms with Gasteiger partial charge in [0, 0.05) is 32.2 Å². The molecule has 0 saturated heterocycles. The second-order valence-electron chi connectivity index (χ2n) is 7.26. The van der Waals surface area contributed by atoms with Crippen LogP contribution in [0.3, 0.4) is 0 Å². The predicted octanol–water partition coefficient (Wildman–Crippen LogP) is 5.07. The maximum Gasteiger partial charge on any atom is 0.118 e. The van der Waals surface area contributed by atoms with Gasteiger partial charge in [-0.25, -0.2) is 0 Å². The standard InChI is InChI=1S/C25H30N2O/c1-27(2)23-13-9-20(10-14-23)19-26-18-17-25(21-7-5-4-6-8-21)22-11-15-24(28-3)16-12-22/h4-16,25-26H,17-19H2,1-3H3/t25-/m1/s1. The molecule has 0 aromatic heterocycles. The Kier molecular flexibility index (Phi) is 7.10. The summed E-state index contributed by atoms with van der Waals surface area (Å²) in [5.74, 6) is 1.27. The van der Waals surface area contributed by atoms with Crippen LogP contribution in [0, 0.1) is 0 Å². The number of rotatable bonds is 9. The first-order chi connectivity index (χ1) is 13.7. The summed E-state index contributed by atoms with van der Waals surface area (Å²) in [6.07, 6.45) is 1.05. The van der Waals surface area contributed by atoms with E-state index >= 15 is 0 Å². The summed E-state index contributed by atoms with van der Waals surface area (Å²) < 4.78 is 5.31. The summed E-state index contributed by atoms with van der Waals surface area (Å²) in [7, 11) is 5.84. The lowest BCUT2D eigenvalue weighted by Gasteiger charge is -2.19. The molecule has 0 fully saturated rings. The van der Waals surface area contributed by atoms with Crippen molar-refractivity contribution >= 4 is 5.69 Å². The van der Waals surface area contributed by atoms with Crippen LogP contribution in [0.4, 0.5) is 5.69 Å². The van der Waals surface area contributed by atoms with E-state index in [9.17, 15) is 0 Å². The molecule has 0 spiro atoms. The van der Waals surface area contributed by atoms with E-state index in [1.807, 2.05) is 12.1 Å². The fraction of sp³-hybridized carbons (Fsp3) is 0.280. The zero-order valence-electron chi connectivity index (χ0n) is 17.1. The van der Waals surface area contributed by atoms with Crippen LogP contribution in [0.25, 0.3) is 0 Å². The number of nitrogens with zero attached hydrogens (tertiary/aromatic N) is 1. The van der Waals surface area contributed by atoms with Crippen LogP contribution in [0.15, 0.2) is 78.9 Å². The molecule has 0 heterocycles. The molecule has 0 unspecified atom stereocenters. The Morgan fingerprint density at radius 3 is 2.07 bits per heavy atom. The summed E-state index contributed by atoms with van der Waals surface area (Å²) in [6.45, 7) is 1.85. The third kappa shape index (κ3) is 5.37. The number of hydrogen-bond donors (Lipinski definition) is 1. The minimum atomic E-state index is 0.371. The number of benzene rings is 3. The first-order valence-electron chi connectivity index (χ1n) is 9.83. The fourth-order valence-corrected chi connectivity index (χ4v) is 3.44. The molecule has 3 heteroatoms. The first-order valence-corrected chi connectivity index (χ1v) is 9.83. The topological polar surface area (TPSA) is 24.5 Å². The molecule has 0 amide bonds. The molecule has 28 heavy (non-hydrogen) atoms. The number of anilines is 1. The van der Waals surface area contributed by atoms with E-state index in [0.29, 0.717) is 5.92 Å². The molecule has 1 atom stereocenters. The highest BCUT2D eigenvalue weighted by molar-refractivity contribution is 5.46. The van der Waals surface area contributed by atoms with Crippen molar-refractivity contribution in [2.75, 3.05) is 32.6 Å². The lowest BCUT2D eigenvalue weighted by molar-refractivity contribution is 0.414. The van der Waals surface area contributed by atoms with E-state index in [0.717, 1.165) is 25.3 Å². The summed E-state index contributed by atoms with van der Waals surface area (Å²) >= 11 is 0. The molecule has 1 N–H and O–H groups in total. The van der Waals surface area contributed by atoms with E-state index in [-0.39, 0.29) is 0 Å². The van der Waals surface area contributed by atoms with E-state index in [1.54, 1.807) is 7.11 Å². The van der Waals surface area contributed by atoms with Gasteiger partial charge in [0.2, 0.25) is 0 Å². The lowest BCUT2D eigenvalue weighted by atomic mass is 9.88. The Morgan fingerprint density at radius 2 is 1.46 bits per heavy atom. The van der Waals surface area contributed by atoms with Crippen LogP contribution < -0.4 is 15.0 Å². The minimum absolute atomic E-state index is 0.371. The number of methoxy groups -OCH3 is 1. The van der Waals surface area contributed by atoms with Crippen LogP contribution >= 0.6 is 0 Å². The molecule has 0 aliphatic heterocycles. The Hall–Kier alpha value is -2.78. The van der Waals surface area contributed by atoms with Crippen molar-refractivity contribution in [2.45, 2.75) is 18.9 Å². The monoisotopic (exact) mass is 374 g/mol. The van der Waals surface area contributed by atoms with E-state index < -0.39 is 0 Å². The SMILES string of the molecule is COc1ccc([C@H](CCNCc2ccc(N(C)C)cc2)c2ccccc2)cc1. The van der Waals surface area contributed by atoms with Crippen molar-refractivity contribution in [1.29, 1.82) is 0 Å². The van der Waals surface area contributed by atoms with Crippen molar-refractivity contribution in [3.05, 3.63) is 95.6 Å². The van der Waals surface area contributed by atoms with Crippen LogP contribution in [-0.2, 0) is 6.54 Å². The van der Waals surface area contributed by atoms with Gasteiger partial charge in [-0.15, -0.1) is 0 Å². The van der Waals surface area contributed by atoms with E-state index in [2.05, 4.69) is 91.0 Å². The largest absolute Gasteiger partial charge is 0.497 e. The second kappa shape index (κ2) is 9.95. The van der Waals surface area contributed by atoms with E-state index in [4.69, 9.17) is 4.74 Å². The van der Waals surface area contributed by atoms with Crippen LogP contribution in [-0.4, -0.2) is 27.7 Å². The minimum Gasteiger partial charge on any atom is -0.497 e. The summed E-state index contributed by atoms with van der Waals surface area (Å²) in [5, 5.41) is 3.60. The summed E-state index contributed by atoms with van der Waals surface area (Å²) in [5.41, 5.74) is 5.22. The van der Waals surface area contributed by atoms with Crippen molar-refractivity contribution in [2.24, 2.45) is 0 Å². The molecule has 146 valence electrons. The van der Waals surface area contributed by atoms with Crippen LogP contribution in [0.2, 0.25) is 0 Å². The van der Waals surface area contributed by atoms with Gasteiger partial charge >= 0.3 is 0 Å². The Bertz CT molecular complexity index is 827. The lowest BCUT2D eigenvalue weighted by Crippen LogP contribution is -2.18.